The van der Waals surface area contributed by atoms with Crippen molar-refractivity contribution >= 4 is 11.0 Å². The van der Waals surface area contributed by atoms with Crippen LogP contribution in [0.4, 0.5) is 0 Å². The molecule has 9 nitrogen and oxygen atoms in total. The second-order valence-electron chi connectivity index (χ2n) is 6.39. The van der Waals surface area contributed by atoms with Crippen molar-refractivity contribution in [3.8, 4) is 11.4 Å². The smallest absolute Gasteiger partial charge is 0.262 e. The summed E-state index contributed by atoms with van der Waals surface area (Å²) in [6, 6.07) is 5.55. The van der Waals surface area contributed by atoms with Crippen LogP contribution in [0.1, 0.15) is 18.9 Å². The summed E-state index contributed by atoms with van der Waals surface area (Å²) < 4.78 is 5.69. The highest BCUT2D eigenvalue weighted by atomic mass is 16.2. The summed E-state index contributed by atoms with van der Waals surface area (Å²) in [5.74, 6) is 0. The first-order valence-corrected chi connectivity index (χ1v) is 8.30. The lowest BCUT2D eigenvalue weighted by molar-refractivity contribution is 0.624. The van der Waals surface area contributed by atoms with Crippen LogP contribution in [0.3, 0.4) is 0 Å². The predicted octanol–water partition coefficient (Wildman–Crippen LogP) is 0.801. The largest absolute Gasteiger partial charge is 0.352 e. The first kappa shape index (κ1) is 14.8. The summed E-state index contributed by atoms with van der Waals surface area (Å²) in [6.45, 7) is 0. The zero-order valence-electron chi connectivity index (χ0n) is 14.0. The molecule has 0 aliphatic heterocycles. The Morgan fingerprint density at radius 1 is 1.12 bits per heavy atom. The van der Waals surface area contributed by atoms with E-state index >= 15 is 0 Å². The van der Waals surface area contributed by atoms with Gasteiger partial charge < -0.3 is 0 Å². The second-order valence-corrected chi connectivity index (χ2v) is 6.39. The van der Waals surface area contributed by atoms with Gasteiger partial charge in [0, 0.05) is 30.9 Å². The first-order valence-electron chi connectivity index (χ1n) is 8.30. The van der Waals surface area contributed by atoms with Gasteiger partial charge in [-0.15, -0.1) is 5.10 Å². The third-order valence-electron chi connectivity index (χ3n) is 4.58. The fourth-order valence-corrected chi connectivity index (χ4v) is 3.12. The van der Waals surface area contributed by atoms with Gasteiger partial charge in [0.25, 0.3) is 0 Å². The van der Waals surface area contributed by atoms with E-state index in [1.165, 1.54) is 13.9 Å². The van der Waals surface area contributed by atoms with Crippen molar-refractivity contribution in [2.45, 2.75) is 18.9 Å². The van der Waals surface area contributed by atoms with E-state index in [0.29, 0.717) is 11.3 Å². The minimum absolute atomic E-state index is 0.0208. The molecule has 0 bridgehead atoms. The lowest BCUT2D eigenvalue weighted by Crippen LogP contribution is -2.27. The standard InChI is InChI=1S/C17H15N7O2/c1-21-16(25)23(12-4-5-12)17(26)24(21)14-7-11-10-22(20-15(11)19-9-14)13-3-2-6-18-8-13/h2-3,6-10,12H,4-5H2,1H3. The van der Waals surface area contributed by atoms with E-state index in [2.05, 4.69) is 15.1 Å². The molecule has 0 amide bonds. The van der Waals surface area contributed by atoms with Crippen LogP contribution in [-0.2, 0) is 7.05 Å². The van der Waals surface area contributed by atoms with Crippen molar-refractivity contribution in [1.82, 2.24) is 33.7 Å². The summed E-state index contributed by atoms with van der Waals surface area (Å²) in [5, 5.41) is 5.20. The van der Waals surface area contributed by atoms with E-state index < -0.39 is 0 Å². The lowest BCUT2D eigenvalue weighted by Gasteiger charge is -2.03. The maximum atomic E-state index is 12.7. The summed E-state index contributed by atoms with van der Waals surface area (Å²) in [6.07, 6.45) is 8.52. The molecule has 0 radical (unpaired) electrons. The topological polar surface area (TPSA) is 92.5 Å². The van der Waals surface area contributed by atoms with Gasteiger partial charge in [-0.05, 0) is 31.0 Å². The van der Waals surface area contributed by atoms with Crippen LogP contribution in [0.15, 0.2) is 52.6 Å². The fraction of sp³-hybridized carbons (Fsp3) is 0.235. The third kappa shape index (κ3) is 2.13. The molecule has 26 heavy (non-hydrogen) atoms. The highest BCUT2D eigenvalue weighted by Crippen LogP contribution is 2.32. The van der Waals surface area contributed by atoms with Crippen LogP contribution in [-0.4, -0.2) is 33.7 Å². The van der Waals surface area contributed by atoms with Gasteiger partial charge in [0.05, 0.1) is 23.8 Å². The van der Waals surface area contributed by atoms with Crippen molar-refractivity contribution in [2.75, 3.05) is 0 Å². The van der Waals surface area contributed by atoms with E-state index in [1.807, 2.05) is 18.3 Å². The summed E-state index contributed by atoms with van der Waals surface area (Å²) in [4.78, 5) is 33.5. The van der Waals surface area contributed by atoms with Crippen LogP contribution < -0.4 is 11.4 Å². The summed E-state index contributed by atoms with van der Waals surface area (Å²) in [5.41, 5.74) is 1.27. The lowest BCUT2D eigenvalue weighted by atomic mass is 10.3. The Balaban J connectivity index is 1.66. The number of pyridine rings is 2. The molecule has 4 heterocycles. The van der Waals surface area contributed by atoms with Gasteiger partial charge in [0.1, 0.15) is 0 Å². The zero-order chi connectivity index (χ0) is 17.8. The Labute approximate surface area is 146 Å². The molecule has 0 spiro atoms. The molecule has 0 N–H and O–H groups in total. The van der Waals surface area contributed by atoms with Crippen LogP contribution in [0, 0.1) is 0 Å². The van der Waals surface area contributed by atoms with Gasteiger partial charge in [-0.1, -0.05) is 0 Å². The fourth-order valence-electron chi connectivity index (χ4n) is 3.12. The van der Waals surface area contributed by atoms with Crippen molar-refractivity contribution < 1.29 is 0 Å². The highest BCUT2D eigenvalue weighted by Gasteiger charge is 2.30. The third-order valence-corrected chi connectivity index (χ3v) is 4.58. The minimum atomic E-state index is -0.333. The van der Waals surface area contributed by atoms with E-state index in [4.69, 9.17) is 0 Å². The first-order chi connectivity index (χ1) is 12.6. The maximum absolute atomic E-state index is 12.7. The van der Waals surface area contributed by atoms with E-state index in [9.17, 15) is 9.59 Å². The molecular weight excluding hydrogens is 334 g/mol. The number of rotatable bonds is 3. The Morgan fingerprint density at radius 2 is 1.96 bits per heavy atom. The maximum Gasteiger partial charge on any atom is 0.352 e. The van der Waals surface area contributed by atoms with E-state index in [1.54, 1.807) is 36.4 Å². The Morgan fingerprint density at radius 3 is 2.69 bits per heavy atom. The van der Waals surface area contributed by atoms with Crippen LogP contribution >= 0.6 is 0 Å². The highest BCUT2D eigenvalue weighted by molar-refractivity contribution is 5.76. The van der Waals surface area contributed by atoms with Crippen molar-refractivity contribution in [2.24, 2.45) is 7.05 Å². The van der Waals surface area contributed by atoms with Crippen LogP contribution in [0.5, 0.6) is 0 Å². The molecule has 1 fully saturated rings. The quantitative estimate of drug-likeness (QED) is 0.545. The molecule has 4 aromatic heterocycles. The van der Waals surface area contributed by atoms with Crippen molar-refractivity contribution in [1.29, 1.82) is 0 Å². The van der Waals surface area contributed by atoms with Gasteiger partial charge in [-0.3, -0.25) is 4.98 Å². The van der Waals surface area contributed by atoms with Gasteiger partial charge in [0.2, 0.25) is 0 Å². The average Bonchev–Trinajstić information content (AvgIpc) is 3.34. The summed E-state index contributed by atoms with van der Waals surface area (Å²) in [7, 11) is 1.59. The molecule has 0 unspecified atom stereocenters. The van der Waals surface area contributed by atoms with Crippen LogP contribution in [0.2, 0.25) is 0 Å². The molecule has 1 aliphatic rings. The SMILES string of the molecule is Cn1c(=O)n(C2CC2)c(=O)n1-c1cnc2nn(-c3cccnc3)cc2c1. The number of hydrogen-bond donors (Lipinski definition) is 0. The Hall–Kier alpha value is -3.49. The van der Waals surface area contributed by atoms with Crippen molar-refractivity contribution in [3.05, 3.63) is 64.0 Å². The summed E-state index contributed by atoms with van der Waals surface area (Å²) >= 11 is 0. The Bertz CT molecular complexity index is 1240. The molecule has 9 heteroatoms. The Kier molecular flexibility index (Phi) is 2.99. The molecule has 130 valence electrons. The van der Waals surface area contributed by atoms with Crippen LogP contribution in [0.25, 0.3) is 22.4 Å². The molecule has 0 saturated heterocycles. The van der Waals surface area contributed by atoms with Gasteiger partial charge in [0.15, 0.2) is 5.65 Å². The van der Waals surface area contributed by atoms with Gasteiger partial charge >= 0.3 is 11.4 Å². The second kappa shape index (κ2) is 5.25. The normalized spacial score (nSPS) is 14.2. The number of aromatic nitrogens is 7. The molecule has 1 saturated carbocycles. The minimum Gasteiger partial charge on any atom is -0.262 e. The molecule has 1 aliphatic carbocycles. The zero-order valence-corrected chi connectivity index (χ0v) is 14.0. The molecule has 0 aromatic carbocycles. The van der Waals surface area contributed by atoms with Gasteiger partial charge in [-0.2, -0.15) is 4.68 Å². The van der Waals surface area contributed by atoms with Crippen molar-refractivity contribution in [3.63, 3.8) is 0 Å². The molecule has 5 rings (SSSR count). The monoisotopic (exact) mass is 349 g/mol. The predicted molar refractivity (Wildman–Crippen MR) is 93.8 cm³/mol. The van der Waals surface area contributed by atoms with Gasteiger partial charge in [-0.25, -0.2) is 28.5 Å². The number of hydrogen-bond acceptors (Lipinski definition) is 5. The average molecular weight is 349 g/mol. The molecule has 0 atom stereocenters. The van der Waals surface area contributed by atoms with E-state index in [-0.39, 0.29) is 17.4 Å². The number of fused-ring (bicyclic) bond motifs is 1. The molecular formula is C17H15N7O2. The molecule has 4 aromatic rings. The number of nitrogens with zero attached hydrogens (tertiary/aromatic N) is 7. The van der Waals surface area contributed by atoms with E-state index in [0.717, 1.165) is 23.9 Å².